The minimum atomic E-state index is -3.64. The van der Waals surface area contributed by atoms with Crippen molar-refractivity contribution in [1.29, 1.82) is 0 Å². The summed E-state index contributed by atoms with van der Waals surface area (Å²) in [5, 5.41) is 2.91. The molecule has 0 saturated carbocycles. The fraction of sp³-hybridized carbons (Fsp3) is 0.550. The van der Waals surface area contributed by atoms with Crippen LogP contribution in [0, 0.1) is 0 Å². The zero-order chi connectivity index (χ0) is 19.9. The Morgan fingerprint density at radius 1 is 1.33 bits per heavy atom. The molecule has 2 rings (SSSR count). The first-order chi connectivity index (χ1) is 12.9. The molecule has 6 nitrogen and oxygen atoms in total. The van der Waals surface area contributed by atoms with Crippen molar-refractivity contribution in [3.8, 4) is 5.75 Å². The Labute approximate surface area is 162 Å². The van der Waals surface area contributed by atoms with Crippen LogP contribution in [0.3, 0.4) is 0 Å². The first-order valence-electron chi connectivity index (χ1n) is 9.46. The van der Waals surface area contributed by atoms with E-state index in [1.807, 2.05) is 6.92 Å². The maximum absolute atomic E-state index is 12.8. The molecule has 1 aliphatic carbocycles. The molecule has 1 atom stereocenters. The van der Waals surface area contributed by atoms with Crippen LogP contribution < -0.4 is 14.4 Å². The largest absolute Gasteiger partial charge is 0.497 e. The first kappa shape index (κ1) is 21.3. The Bertz CT molecular complexity index is 774. The van der Waals surface area contributed by atoms with E-state index in [9.17, 15) is 13.2 Å². The zero-order valence-corrected chi connectivity index (χ0v) is 17.2. The van der Waals surface area contributed by atoms with Gasteiger partial charge in [0.2, 0.25) is 15.9 Å². The van der Waals surface area contributed by atoms with Crippen LogP contribution in [0.2, 0.25) is 0 Å². The van der Waals surface area contributed by atoms with Gasteiger partial charge in [0.15, 0.2) is 0 Å². The van der Waals surface area contributed by atoms with E-state index in [0.717, 1.165) is 25.5 Å². The lowest BCUT2D eigenvalue weighted by atomic mass is 9.97. The second-order valence-electron chi connectivity index (χ2n) is 6.83. The summed E-state index contributed by atoms with van der Waals surface area (Å²) in [7, 11) is -2.12. The number of benzene rings is 1. The number of allylic oxidation sites excluding steroid dienone is 1. The zero-order valence-electron chi connectivity index (χ0n) is 16.4. The predicted molar refractivity (Wildman–Crippen MR) is 109 cm³/mol. The maximum Gasteiger partial charge on any atom is 0.243 e. The number of hydrogen-bond acceptors (Lipinski definition) is 4. The summed E-state index contributed by atoms with van der Waals surface area (Å²) >= 11 is 0. The molecule has 1 amide bonds. The topological polar surface area (TPSA) is 75.7 Å². The van der Waals surface area contributed by atoms with Gasteiger partial charge in [-0.15, -0.1) is 0 Å². The van der Waals surface area contributed by atoms with E-state index in [1.165, 1.54) is 29.8 Å². The van der Waals surface area contributed by atoms with Gasteiger partial charge < -0.3 is 10.1 Å². The lowest BCUT2D eigenvalue weighted by molar-refractivity contribution is -0.122. The highest BCUT2D eigenvalue weighted by Gasteiger charge is 2.31. The van der Waals surface area contributed by atoms with Crippen LogP contribution >= 0.6 is 0 Å². The van der Waals surface area contributed by atoms with Crippen LogP contribution in [-0.2, 0) is 14.8 Å². The molecule has 1 N–H and O–H groups in total. The number of nitrogens with zero attached hydrogens (tertiary/aromatic N) is 1. The molecule has 0 unspecified atom stereocenters. The first-order valence-corrected chi connectivity index (χ1v) is 11.3. The van der Waals surface area contributed by atoms with Gasteiger partial charge in [0.05, 0.1) is 19.1 Å². The van der Waals surface area contributed by atoms with Crippen molar-refractivity contribution in [3.63, 3.8) is 0 Å². The number of carbonyl (C=O) groups excluding carboxylic acids is 1. The fourth-order valence-electron chi connectivity index (χ4n) is 3.40. The third-order valence-electron chi connectivity index (χ3n) is 4.77. The van der Waals surface area contributed by atoms with Gasteiger partial charge in [-0.3, -0.25) is 9.10 Å². The summed E-state index contributed by atoms with van der Waals surface area (Å²) in [6, 6.07) is 5.96. The molecular formula is C20H30N2O4S. The number of carbonyl (C=O) groups is 1. The minimum Gasteiger partial charge on any atom is -0.497 e. The lowest BCUT2D eigenvalue weighted by Gasteiger charge is -2.30. The number of nitrogens with one attached hydrogen (secondary N) is 1. The van der Waals surface area contributed by atoms with E-state index in [0.29, 0.717) is 24.4 Å². The van der Waals surface area contributed by atoms with Crippen molar-refractivity contribution in [2.24, 2.45) is 0 Å². The molecule has 27 heavy (non-hydrogen) atoms. The summed E-state index contributed by atoms with van der Waals surface area (Å²) in [4.78, 5) is 12.8. The summed E-state index contributed by atoms with van der Waals surface area (Å²) in [5.41, 5.74) is 1.80. The van der Waals surface area contributed by atoms with Crippen molar-refractivity contribution in [2.45, 2.75) is 51.5 Å². The molecule has 0 aromatic heterocycles. The Kier molecular flexibility index (Phi) is 7.71. The van der Waals surface area contributed by atoms with E-state index < -0.39 is 16.1 Å². The van der Waals surface area contributed by atoms with Gasteiger partial charge in [-0.1, -0.05) is 24.6 Å². The molecule has 1 aromatic rings. The highest BCUT2D eigenvalue weighted by molar-refractivity contribution is 7.92. The van der Waals surface area contributed by atoms with Crippen LogP contribution in [0.1, 0.15) is 45.4 Å². The van der Waals surface area contributed by atoms with Crippen LogP contribution in [0.5, 0.6) is 5.75 Å². The standard InChI is InChI=1S/C20H30N2O4S/c1-4-19(20(23)21-14-13-16-9-6-5-7-10-16)22(27(3,24)25)17-11-8-12-18(15-17)26-2/h8-9,11-12,15,19H,4-7,10,13-14H2,1-3H3,(H,21,23)/t19-/m0/s1. The van der Waals surface area contributed by atoms with E-state index in [4.69, 9.17) is 4.74 Å². The number of ether oxygens (including phenoxy) is 1. The lowest BCUT2D eigenvalue weighted by Crippen LogP contribution is -2.49. The van der Waals surface area contributed by atoms with Gasteiger partial charge in [0.25, 0.3) is 0 Å². The number of methoxy groups -OCH3 is 1. The van der Waals surface area contributed by atoms with Gasteiger partial charge in [-0.2, -0.15) is 0 Å². The second kappa shape index (κ2) is 9.78. The Balaban J connectivity index is 2.13. The van der Waals surface area contributed by atoms with Gasteiger partial charge in [-0.05, 0) is 50.7 Å². The van der Waals surface area contributed by atoms with E-state index in [1.54, 1.807) is 24.3 Å². The summed E-state index contributed by atoms with van der Waals surface area (Å²) in [6.07, 6.45) is 9.21. The highest BCUT2D eigenvalue weighted by Crippen LogP contribution is 2.26. The predicted octanol–water partition coefficient (Wildman–Crippen LogP) is 3.25. The highest BCUT2D eigenvalue weighted by atomic mass is 32.2. The SMILES string of the molecule is CC[C@@H](C(=O)NCCC1=CCCCC1)N(c1cccc(OC)c1)S(C)(=O)=O. The van der Waals surface area contributed by atoms with Crippen molar-refractivity contribution in [2.75, 3.05) is 24.2 Å². The van der Waals surface area contributed by atoms with Crippen LogP contribution in [0.4, 0.5) is 5.69 Å². The molecule has 0 fully saturated rings. The number of amides is 1. The van der Waals surface area contributed by atoms with Crippen molar-refractivity contribution < 1.29 is 17.9 Å². The van der Waals surface area contributed by atoms with E-state index in [2.05, 4.69) is 11.4 Å². The average molecular weight is 395 g/mol. The van der Waals surface area contributed by atoms with Crippen LogP contribution in [0.15, 0.2) is 35.9 Å². The summed E-state index contributed by atoms with van der Waals surface area (Å²) in [6.45, 7) is 2.34. The maximum atomic E-state index is 12.8. The molecule has 0 radical (unpaired) electrons. The Morgan fingerprint density at radius 3 is 2.70 bits per heavy atom. The third kappa shape index (κ3) is 5.99. The van der Waals surface area contributed by atoms with Crippen molar-refractivity contribution in [3.05, 3.63) is 35.9 Å². The Morgan fingerprint density at radius 2 is 2.11 bits per heavy atom. The number of hydrogen-bond donors (Lipinski definition) is 1. The molecule has 150 valence electrons. The molecule has 0 saturated heterocycles. The monoisotopic (exact) mass is 394 g/mol. The molecule has 1 aliphatic rings. The number of rotatable bonds is 9. The Hall–Kier alpha value is -2.02. The molecule has 0 heterocycles. The van der Waals surface area contributed by atoms with Gasteiger partial charge in [-0.25, -0.2) is 8.42 Å². The normalized spacial score (nSPS) is 15.6. The van der Waals surface area contributed by atoms with Gasteiger partial charge >= 0.3 is 0 Å². The quantitative estimate of drug-likeness (QED) is 0.653. The summed E-state index contributed by atoms with van der Waals surface area (Å²) in [5.74, 6) is 0.266. The number of anilines is 1. The van der Waals surface area contributed by atoms with Crippen LogP contribution in [-0.4, -0.2) is 40.3 Å². The third-order valence-corrected chi connectivity index (χ3v) is 5.95. The molecular weight excluding hydrogens is 364 g/mol. The molecule has 0 spiro atoms. The summed E-state index contributed by atoms with van der Waals surface area (Å²) < 4.78 is 31.3. The van der Waals surface area contributed by atoms with Gasteiger partial charge in [0, 0.05) is 12.6 Å². The molecule has 1 aromatic carbocycles. The molecule has 0 aliphatic heterocycles. The van der Waals surface area contributed by atoms with E-state index >= 15 is 0 Å². The average Bonchev–Trinajstić information content (AvgIpc) is 2.65. The second-order valence-corrected chi connectivity index (χ2v) is 8.69. The molecule has 0 bridgehead atoms. The number of sulfonamides is 1. The van der Waals surface area contributed by atoms with Gasteiger partial charge in [0.1, 0.15) is 11.8 Å². The fourth-order valence-corrected chi connectivity index (χ4v) is 4.61. The van der Waals surface area contributed by atoms with Crippen molar-refractivity contribution >= 4 is 21.6 Å². The van der Waals surface area contributed by atoms with Crippen molar-refractivity contribution in [1.82, 2.24) is 5.32 Å². The van der Waals surface area contributed by atoms with Crippen LogP contribution in [0.25, 0.3) is 0 Å². The van der Waals surface area contributed by atoms with E-state index in [-0.39, 0.29) is 5.91 Å². The minimum absolute atomic E-state index is 0.276. The smallest absolute Gasteiger partial charge is 0.243 e. The molecule has 7 heteroatoms.